The summed E-state index contributed by atoms with van der Waals surface area (Å²) in [6, 6.07) is 11.8. The summed E-state index contributed by atoms with van der Waals surface area (Å²) in [4.78, 5) is 39.7. The van der Waals surface area contributed by atoms with Crippen LogP contribution >= 0.6 is 23.2 Å². The van der Waals surface area contributed by atoms with E-state index in [-0.39, 0.29) is 22.7 Å². The summed E-state index contributed by atoms with van der Waals surface area (Å²) in [5.74, 6) is -1.18. The average molecular weight is 472 g/mol. The summed E-state index contributed by atoms with van der Waals surface area (Å²) in [5, 5.41) is 6.28. The highest BCUT2D eigenvalue weighted by atomic mass is 35.5. The Bertz CT molecular complexity index is 1110. The fraction of sp³-hybridized carbons (Fsp3) is 0.292. The summed E-state index contributed by atoms with van der Waals surface area (Å²) >= 11 is 12.2. The first kappa shape index (κ1) is 22.4. The van der Waals surface area contributed by atoms with Crippen molar-refractivity contribution >= 4 is 52.3 Å². The topological polar surface area (TPSA) is 78.5 Å². The first-order valence-electron chi connectivity index (χ1n) is 10.6. The van der Waals surface area contributed by atoms with Crippen molar-refractivity contribution in [1.82, 2.24) is 4.90 Å². The van der Waals surface area contributed by atoms with E-state index in [9.17, 15) is 14.4 Å². The van der Waals surface area contributed by atoms with E-state index < -0.39 is 11.8 Å². The third-order valence-corrected chi connectivity index (χ3v) is 6.46. The molecule has 1 heterocycles. The molecular formula is C24H23Cl2N3O3. The van der Waals surface area contributed by atoms with Gasteiger partial charge in [0.15, 0.2) is 0 Å². The molecule has 0 saturated heterocycles. The van der Waals surface area contributed by atoms with Gasteiger partial charge in [-0.25, -0.2) is 0 Å². The zero-order valence-corrected chi connectivity index (χ0v) is 19.1. The predicted octanol–water partition coefficient (Wildman–Crippen LogP) is 5.46. The molecule has 3 amide bonds. The number of halogens is 2. The Hall–Kier alpha value is -2.83. The van der Waals surface area contributed by atoms with E-state index in [1.165, 1.54) is 4.90 Å². The Kier molecular flexibility index (Phi) is 6.53. The van der Waals surface area contributed by atoms with Crippen molar-refractivity contribution in [3.63, 3.8) is 0 Å². The summed E-state index contributed by atoms with van der Waals surface area (Å²) < 4.78 is 0. The molecule has 1 aliphatic carbocycles. The molecule has 2 aromatic rings. The molecule has 8 heteroatoms. The van der Waals surface area contributed by atoms with Crippen LogP contribution < -0.4 is 10.6 Å². The van der Waals surface area contributed by atoms with Crippen LogP contribution in [0.25, 0.3) is 0 Å². The fourth-order valence-corrected chi connectivity index (χ4v) is 4.41. The minimum absolute atomic E-state index is 0.0561. The lowest BCUT2D eigenvalue weighted by atomic mass is 9.94. The van der Waals surface area contributed by atoms with Crippen LogP contribution in [0.3, 0.4) is 0 Å². The number of nitrogens with zero attached hydrogens (tertiary/aromatic N) is 1. The number of carbonyl (C=O) groups excluding carboxylic acids is 3. The number of rotatable bonds is 5. The van der Waals surface area contributed by atoms with Crippen LogP contribution in [0.1, 0.15) is 48.0 Å². The van der Waals surface area contributed by atoms with Gasteiger partial charge < -0.3 is 10.6 Å². The summed E-state index contributed by atoms with van der Waals surface area (Å²) in [6.45, 7) is 1.85. The van der Waals surface area contributed by atoms with Gasteiger partial charge in [-0.15, -0.1) is 0 Å². The maximum Gasteiger partial charge on any atom is 0.279 e. The molecule has 0 spiro atoms. The molecule has 2 aromatic carbocycles. The van der Waals surface area contributed by atoms with Crippen molar-refractivity contribution in [1.29, 1.82) is 0 Å². The minimum Gasteiger partial charge on any atom is -0.349 e. The lowest BCUT2D eigenvalue weighted by molar-refractivity contribution is -0.140. The molecule has 1 fully saturated rings. The van der Waals surface area contributed by atoms with Gasteiger partial charge in [0.1, 0.15) is 10.7 Å². The molecule has 4 rings (SSSR count). The monoisotopic (exact) mass is 471 g/mol. The van der Waals surface area contributed by atoms with Gasteiger partial charge in [-0.3, -0.25) is 19.3 Å². The molecule has 2 N–H and O–H groups in total. The Balaban J connectivity index is 1.53. The van der Waals surface area contributed by atoms with Gasteiger partial charge in [0.2, 0.25) is 0 Å². The molecule has 0 unspecified atom stereocenters. The Morgan fingerprint density at radius 1 is 0.969 bits per heavy atom. The van der Waals surface area contributed by atoms with Gasteiger partial charge in [-0.2, -0.15) is 0 Å². The van der Waals surface area contributed by atoms with E-state index in [1.54, 1.807) is 42.5 Å². The highest BCUT2D eigenvalue weighted by Crippen LogP contribution is 2.33. The second kappa shape index (κ2) is 9.35. The molecule has 1 saturated carbocycles. The van der Waals surface area contributed by atoms with E-state index in [1.807, 2.05) is 6.92 Å². The normalized spacial score (nSPS) is 17.2. The van der Waals surface area contributed by atoms with Crippen molar-refractivity contribution in [2.75, 3.05) is 10.6 Å². The van der Waals surface area contributed by atoms with Gasteiger partial charge >= 0.3 is 0 Å². The maximum atomic E-state index is 13.0. The second-order valence-corrected chi connectivity index (χ2v) is 8.89. The SMILES string of the molecule is Cc1ccc(C(=O)Nc2ccc(Cl)cc2)cc1NC1=C(Cl)C(=O)N(C2CCCCC2)C1=O. The number of hydrogen-bond donors (Lipinski definition) is 2. The van der Waals surface area contributed by atoms with Crippen LogP contribution in [-0.4, -0.2) is 28.7 Å². The maximum absolute atomic E-state index is 13.0. The number of amides is 3. The zero-order chi connectivity index (χ0) is 22.8. The van der Waals surface area contributed by atoms with Crippen LogP contribution in [-0.2, 0) is 9.59 Å². The molecule has 1 aliphatic heterocycles. The Labute approximate surface area is 196 Å². The van der Waals surface area contributed by atoms with Crippen molar-refractivity contribution in [3.05, 3.63) is 69.3 Å². The molecule has 2 aliphatic rings. The van der Waals surface area contributed by atoms with E-state index in [2.05, 4.69) is 10.6 Å². The van der Waals surface area contributed by atoms with Crippen LogP contribution in [0, 0.1) is 6.92 Å². The van der Waals surface area contributed by atoms with Crippen molar-refractivity contribution in [3.8, 4) is 0 Å². The second-order valence-electron chi connectivity index (χ2n) is 8.08. The summed E-state index contributed by atoms with van der Waals surface area (Å²) in [6.07, 6.45) is 4.70. The number of benzene rings is 2. The molecule has 32 heavy (non-hydrogen) atoms. The van der Waals surface area contributed by atoms with Crippen LogP contribution in [0.4, 0.5) is 11.4 Å². The molecule has 0 radical (unpaired) electrons. The number of carbonyl (C=O) groups is 3. The number of aryl methyl sites for hydroxylation is 1. The molecule has 166 valence electrons. The lowest BCUT2D eigenvalue weighted by Crippen LogP contribution is -2.42. The van der Waals surface area contributed by atoms with Gasteiger partial charge in [0, 0.05) is 28.0 Å². The Morgan fingerprint density at radius 3 is 2.34 bits per heavy atom. The first-order chi connectivity index (χ1) is 15.3. The molecule has 0 bridgehead atoms. The largest absolute Gasteiger partial charge is 0.349 e. The van der Waals surface area contributed by atoms with E-state index >= 15 is 0 Å². The Morgan fingerprint density at radius 2 is 1.66 bits per heavy atom. The van der Waals surface area contributed by atoms with E-state index in [0.29, 0.717) is 22.0 Å². The van der Waals surface area contributed by atoms with Crippen LogP contribution in [0.5, 0.6) is 0 Å². The third kappa shape index (κ3) is 4.52. The third-order valence-electron chi connectivity index (χ3n) is 5.86. The standard InChI is InChI=1S/C24H23Cl2N3O3/c1-14-7-8-15(22(30)27-17-11-9-16(25)10-12-17)13-19(14)28-21-20(26)23(31)29(24(21)32)18-5-3-2-4-6-18/h7-13,18,28H,2-6H2,1H3,(H,27,30). The minimum atomic E-state index is -0.458. The average Bonchev–Trinajstić information content (AvgIpc) is 3.00. The zero-order valence-electron chi connectivity index (χ0n) is 17.6. The summed E-state index contributed by atoms with van der Waals surface area (Å²) in [7, 11) is 0. The number of anilines is 2. The summed E-state index contributed by atoms with van der Waals surface area (Å²) in [5.41, 5.74) is 2.40. The van der Waals surface area contributed by atoms with Gasteiger partial charge in [-0.1, -0.05) is 48.5 Å². The lowest BCUT2D eigenvalue weighted by Gasteiger charge is -2.29. The van der Waals surface area contributed by atoms with Crippen LogP contribution in [0.15, 0.2) is 53.2 Å². The number of hydrogen-bond acceptors (Lipinski definition) is 4. The molecular weight excluding hydrogens is 449 g/mol. The first-order valence-corrected chi connectivity index (χ1v) is 11.3. The van der Waals surface area contributed by atoms with Gasteiger partial charge in [0.25, 0.3) is 17.7 Å². The van der Waals surface area contributed by atoms with Gasteiger partial charge in [-0.05, 0) is 61.7 Å². The smallest absolute Gasteiger partial charge is 0.279 e. The van der Waals surface area contributed by atoms with E-state index in [4.69, 9.17) is 23.2 Å². The van der Waals surface area contributed by atoms with Crippen LogP contribution in [0.2, 0.25) is 5.02 Å². The van der Waals surface area contributed by atoms with Gasteiger partial charge in [0.05, 0.1) is 0 Å². The molecule has 6 nitrogen and oxygen atoms in total. The van der Waals surface area contributed by atoms with E-state index in [0.717, 1.165) is 37.7 Å². The fourth-order valence-electron chi connectivity index (χ4n) is 4.07. The predicted molar refractivity (Wildman–Crippen MR) is 126 cm³/mol. The van der Waals surface area contributed by atoms with Crippen molar-refractivity contribution in [2.45, 2.75) is 45.1 Å². The highest BCUT2D eigenvalue weighted by Gasteiger charge is 2.42. The molecule has 0 aromatic heterocycles. The van der Waals surface area contributed by atoms with Crippen molar-refractivity contribution < 1.29 is 14.4 Å². The molecule has 0 atom stereocenters. The highest BCUT2D eigenvalue weighted by molar-refractivity contribution is 6.48. The number of imide groups is 1. The number of nitrogens with one attached hydrogen (secondary N) is 2. The van der Waals surface area contributed by atoms with Crippen molar-refractivity contribution in [2.24, 2.45) is 0 Å². The quantitative estimate of drug-likeness (QED) is 0.567.